The van der Waals surface area contributed by atoms with Gasteiger partial charge in [0.25, 0.3) is 5.91 Å². The molecule has 0 saturated heterocycles. The highest BCUT2D eigenvalue weighted by Gasteiger charge is 2.25. The summed E-state index contributed by atoms with van der Waals surface area (Å²) in [6.45, 7) is 3.17. The van der Waals surface area contributed by atoms with Crippen LogP contribution in [0.2, 0.25) is 0 Å². The van der Waals surface area contributed by atoms with Crippen molar-refractivity contribution >= 4 is 11.7 Å². The second kappa shape index (κ2) is 5.78. The molecular formula is C15H16N4O2. The van der Waals surface area contributed by atoms with Crippen molar-refractivity contribution in [1.29, 1.82) is 0 Å². The van der Waals surface area contributed by atoms with E-state index in [0.717, 1.165) is 17.9 Å². The van der Waals surface area contributed by atoms with Gasteiger partial charge < -0.3 is 15.4 Å². The summed E-state index contributed by atoms with van der Waals surface area (Å²) in [7, 11) is 0. The first-order valence-electron chi connectivity index (χ1n) is 6.86. The molecule has 0 bridgehead atoms. The Labute approximate surface area is 122 Å². The maximum absolute atomic E-state index is 12.2. The second-order valence-electron chi connectivity index (χ2n) is 4.69. The van der Waals surface area contributed by atoms with Gasteiger partial charge in [0, 0.05) is 12.1 Å². The van der Waals surface area contributed by atoms with Gasteiger partial charge in [0.05, 0.1) is 18.4 Å². The van der Waals surface area contributed by atoms with Gasteiger partial charge in [-0.3, -0.25) is 4.79 Å². The Bertz CT molecular complexity index is 642. The average molecular weight is 284 g/mol. The molecule has 0 aliphatic carbocycles. The number of anilines is 1. The van der Waals surface area contributed by atoms with Crippen LogP contribution < -0.4 is 15.4 Å². The number of fused-ring (bicyclic) bond motifs is 1. The summed E-state index contributed by atoms with van der Waals surface area (Å²) in [6, 6.07) is 7.54. The fourth-order valence-corrected chi connectivity index (χ4v) is 2.23. The highest BCUT2D eigenvalue weighted by atomic mass is 16.5. The molecule has 2 N–H and O–H groups in total. The molecule has 1 amide bonds. The van der Waals surface area contributed by atoms with Crippen molar-refractivity contribution in [3.63, 3.8) is 0 Å². The molecule has 1 atom stereocenters. The summed E-state index contributed by atoms with van der Waals surface area (Å²) in [5, 5.41) is 5.95. The maximum Gasteiger partial charge on any atom is 0.272 e. The van der Waals surface area contributed by atoms with Gasteiger partial charge in [0.1, 0.15) is 23.9 Å². The Balaban J connectivity index is 1.69. The largest absolute Gasteiger partial charge is 0.491 e. The summed E-state index contributed by atoms with van der Waals surface area (Å²) in [5.41, 5.74) is 1.28. The summed E-state index contributed by atoms with van der Waals surface area (Å²) in [4.78, 5) is 20.5. The van der Waals surface area contributed by atoms with Crippen LogP contribution in [-0.4, -0.2) is 29.0 Å². The van der Waals surface area contributed by atoms with Crippen LogP contribution in [0.5, 0.6) is 5.75 Å². The zero-order valence-corrected chi connectivity index (χ0v) is 11.7. The first-order valence-corrected chi connectivity index (χ1v) is 6.86. The van der Waals surface area contributed by atoms with Gasteiger partial charge in [0.15, 0.2) is 0 Å². The zero-order valence-electron chi connectivity index (χ0n) is 11.7. The smallest absolute Gasteiger partial charge is 0.272 e. The number of nitrogens with zero attached hydrogens (tertiary/aromatic N) is 2. The summed E-state index contributed by atoms with van der Waals surface area (Å²) >= 11 is 0. The molecule has 0 saturated carbocycles. The minimum atomic E-state index is -0.254. The predicted molar refractivity (Wildman–Crippen MR) is 78.3 cm³/mol. The highest BCUT2D eigenvalue weighted by molar-refractivity contribution is 5.92. The Morgan fingerprint density at radius 2 is 2.19 bits per heavy atom. The Morgan fingerprint density at radius 1 is 1.33 bits per heavy atom. The molecule has 2 aromatic rings. The molecule has 1 aliphatic heterocycles. The number of aromatic nitrogens is 2. The van der Waals surface area contributed by atoms with Crippen LogP contribution >= 0.6 is 0 Å². The number of carbonyl (C=O) groups is 1. The van der Waals surface area contributed by atoms with Crippen LogP contribution in [0.4, 0.5) is 5.82 Å². The summed E-state index contributed by atoms with van der Waals surface area (Å²) in [5.74, 6) is 1.22. The topological polar surface area (TPSA) is 76.1 Å². The standard InChI is InChI=1S/C15H16N4O2/c1-2-16-14-8-17-11(7-18-14)15(20)19-12-9-21-13-6-4-3-5-10(12)13/h3-8,12H,2,9H2,1H3,(H,16,18)(H,19,20). The molecule has 2 heterocycles. The fourth-order valence-electron chi connectivity index (χ4n) is 2.23. The molecule has 1 aromatic heterocycles. The number of rotatable bonds is 4. The van der Waals surface area contributed by atoms with E-state index in [4.69, 9.17) is 4.74 Å². The van der Waals surface area contributed by atoms with Gasteiger partial charge in [0.2, 0.25) is 0 Å². The van der Waals surface area contributed by atoms with Crippen molar-refractivity contribution in [3.8, 4) is 5.75 Å². The predicted octanol–water partition coefficient (Wildman–Crippen LogP) is 1.77. The van der Waals surface area contributed by atoms with E-state index in [1.54, 1.807) is 6.20 Å². The molecule has 1 aromatic carbocycles. The number of amides is 1. The van der Waals surface area contributed by atoms with Crippen molar-refractivity contribution in [2.75, 3.05) is 18.5 Å². The van der Waals surface area contributed by atoms with Crippen molar-refractivity contribution in [2.45, 2.75) is 13.0 Å². The monoisotopic (exact) mass is 284 g/mol. The molecule has 0 spiro atoms. The molecule has 0 fully saturated rings. The van der Waals surface area contributed by atoms with Crippen LogP contribution in [-0.2, 0) is 0 Å². The second-order valence-corrected chi connectivity index (χ2v) is 4.69. The van der Waals surface area contributed by atoms with Crippen molar-refractivity contribution in [1.82, 2.24) is 15.3 Å². The van der Waals surface area contributed by atoms with E-state index in [0.29, 0.717) is 18.1 Å². The van der Waals surface area contributed by atoms with Gasteiger partial charge in [-0.25, -0.2) is 9.97 Å². The van der Waals surface area contributed by atoms with E-state index >= 15 is 0 Å². The third-order valence-corrected chi connectivity index (χ3v) is 3.25. The number of nitrogens with one attached hydrogen (secondary N) is 2. The van der Waals surface area contributed by atoms with Gasteiger partial charge in [-0.2, -0.15) is 0 Å². The Morgan fingerprint density at radius 3 is 2.95 bits per heavy atom. The molecule has 1 unspecified atom stereocenters. The number of ether oxygens (including phenoxy) is 1. The highest BCUT2D eigenvalue weighted by Crippen LogP contribution is 2.31. The quantitative estimate of drug-likeness (QED) is 0.895. The van der Waals surface area contributed by atoms with Gasteiger partial charge in [-0.1, -0.05) is 18.2 Å². The Kier molecular flexibility index (Phi) is 3.68. The minimum Gasteiger partial charge on any atom is -0.491 e. The normalized spacial score (nSPS) is 16.0. The molecule has 1 aliphatic rings. The number of benzene rings is 1. The maximum atomic E-state index is 12.2. The molecule has 6 heteroatoms. The lowest BCUT2D eigenvalue weighted by Crippen LogP contribution is -2.30. The lowest BCUT2D eigenvalue weighted by molar-refractivity contribution is 0.0925. The van der Waals surface area contributed by atoms with E-state index < -0.39 is 0 Å². The fraction of sp³-hybridized carbons (Fsp3) is 0.267. The SMILES string of the molecule is CCNc1cnc(C(=O)NC2COc3ccccc32)cn1. The van der Waals surface area contributed by atoms with Gasteiger partial charge in [-0.05, 0) is 13.0 Å². The lowest BCUT2D eigenvalue weighted by Gasteiger charge is -2.11. The molecule has 0 radical (unpaired) electrons. The van der Waals surface area contributed by atoms with Gasteiger partial charge in [-0.15, -0.1) is 0 Å². The number of hydrogen-bond donors (Lipinski definition) is 2. The number of carbonyl (C=O) groups excluding carboxylic acids is 1. The first kappa shape index (κ1) is 13.4. The minimum absolute atomic E-state index is 0.149. The summed E-state index contributed by atoms with van der Waals surface area (Å²) in [6.07, 6.45) is 3.02. The Hall–Kier alpha value is -2.63. The van der Waals surface area contributed by atoms with Gasteiger partial charge >= 0.3 is 0 Å². The molecule has 108 valence electrons. The third kappa shape index (κ3) is 2.79. The van der Waals surface area contributed by atoms with Crippen molar-refractivity contribution in [2.24, 2.45) is 0 Å². The first-order chi connectivity index (χ1) is 10.3. The number of para-hydroxylation sites is 1. The van der Waals surface area contributed by atoms with E-state index in [1.807, 2.05) is 31.2 Å². The van der Waals surface area contributed by atoms with Crippen LogP contribution in [0.25, 0.3) is 0 Å². The van der Waals surface area contributed by atoms with E-state index in [1.165, 1.54) is 6.20 Å². The average Bonchev–Trinajstić information content (AvgIpc) is 2.92. The van der Waals surface area contributed by atoms with Crippen LogP contribution in [0, 0.1) is 0 Å². The zero-order chi connectivity index (χ0) is 14.7. The number of hydrogen-bond acceptors (Lipinski definition) is 5. The summed E-state index contributed by atoms with van der Waals surface area (Å²) < 4.78 is 5.54. The molecule has 3 rings (SSSR count). The van der Waals surface area contributed by atoms with Crippen LogP contribution in [0.15, 0.2) is 36.7 Å². The van der Waals surface area contributed by atoms with E-state index in [9.17, 15) is 4.79 Å². The molecular weight excluding hydrogens is 268 g/mol. The van der Waals surface area contributed by atoms with Crippen LogP contribution in [0.1, 0.15) is 29.0 Å². The third-order valence-electron chi connectivity index (χ3n) is 3.25. The molecule has 6 nitrogen and oxygen atoms in total. The lowest BCUT2D eigenvalue weighted by atomic mass is 10.1. The van der Waals surface area contributed by atoms with E-state index in [-0.39, 0.29) is 11.9 Å². The molecule has 21 heavy (non-hydrogen) atoms. The van der Waals surface area contributed by atoms with Crippen molar-refractivity contribution in [3.05, 3.63) is 47.9 Å². The van der Waals surface area contributed by atoms with Crippen molar-refractivity contribution < 1.29 is 9.53 Å². The van der Waals surface area contributed by atoms with E-state index in [2.05, 4.69) is 20.6 Å². The van der Waals surface area contributed by atoms with Crippen LogP contribution in [0.3, 0.4) is 0 Å².